The fraction of sp³-hybridized carbons (Fsp3) is 0.500. The first kappa shape index (κ1) is 12.1. The van der Waals surface area contributed by atoms with Crippen LogP contribution < -0.4 is 5.32 Å². The van der Waals surface area contributed by atoms with Crippen LogP contribution in [-0.2, 0) is 13.0 Å². The number of thiazole rings is 1. The first-order valence-electron chi connectivity index (χ1n) is 6.66. The Bertz CT molecular complexity index is 529. The van der Waals surface area contributed by atoms with E-state index in [-0.39, 0.29) is 0 Å². The van der Waals surface area contributed by atoms with Crippen molar-refractivity contribution in [2.75, 3.05) is 26.2 Å². The second-order valence-corrected chi connectivity index (χ2v) is 5.90. The molecule has 0 spiro atoms. The van der Waals surface area contributed by atoms with Gasteiger partial charge in [0.15, 0.2) is 0 Å². The van der Waals surface area contributed by atoms with Gasteiger partial charge in [0.1, 0.15) is 0 Å². The Morgan fingerprint density at radius 2 is 2.17 bits per heavy atom. The van der Waals surface area contributed by atoms with Gasteiger partial charge < -0.3 is 5.32 Å². The quantitative estimate of drug-likeness (QED) is 0.918. The van der Waals surface area contributed by atoms with Crippen LogP contribution >= 0.6 is 11.3 Å². The van der Waals surface area contributed by atoms with Crippen molar-refractivity contribution in [1.82, 2.24) is 15.2 Å². The molecule has 1 aromatic carbocycles. The smallest absolute Gasteiger partial charge is 0.0935 e. The van der Waals surface area contributed by atoms with Crippen molar-refractivity contribution in [3.05, 3.63) is 28.8 Å². The highest BCUT2D eigenvalue weighted by Gasteiger charge is 2.10. The Labute approximate surface area is 112 Å². The molecule has 1 aromatic heterocycles. The average Bonchev–Trinajstić information content (AvgIpc) is 2.82. The number of piperazine rings is 1. The van der Waals surface area contributed by atoms with Gasteiger partial charge in [-0.2, -0.15) is 0 Å². The summed E-state index contributed by atoms with van der Waals surface area (Å²) < 4.78 is 1.33. The van der Waals surface area contributed by atoms with E-state index in [1.165, 1.54) is 15.3 Å². The minimum absolute atomic E-state index is 1.03. The maximum absolute atomic E-state index is 4.61. The van der Waals surface area contributed by atoms with E-state index in [1.807, 2.05) is 11.3 Å². The molecule has 4 heteroatoms. The molecule has 3 rings (SSSR count). The highest BCUT2D eigenvalue weighted by molar-refractivity contribution is 7.18. The number of aryl methyl sites for hydroxylation is 1. The van der Waals surface area contributed by atoms with Crippen molar-refractivity contribution in [3.8, 4) is 0 Å². The summed E-state index contributed by atoms with van der Waals surface area (Å²) in [4.78, 5) is 7.13. The van der Waals surface area contributed by atoms with Crippen LogP contribution in [0, 0.1) is 0 Å². The highest BCUT2D eigenvalue weighted by Crippen LogP contribution is 2.24. The number of aromatic nitrogens is 1. The van der Waals surface area contributed by atoms with Crippen LogP contribution in [0.5, 0.6) is 0 Å². The molecule has 3 nitrogen and oxygen atoms in total. The Hall–Kier alpha value is -0.970. The lowest BCUT2D eigenvalue weighted by Crippen LogP contribution is -2.42. The number of nitrogens with zero attached hydrogens (tertiary/aromatic N) is 2. The van der Waals surface area contributed by atoms with Crippen LogP contribution in [0.4, 0.5) is 0 Å². The van der Waals surface area contributed by atoms with E-state index in [2.05, 4.69) is 40.3 Å². The standard InChI is InChI=1S/C14H19N3S/c1-2-14-16-12-4-3-11(9-13(12)18-14)10-17-7-5-15-6-8-17/h3-4,9,15H,2,5-8,10H2,1H3. The molecule has 0 bridgehead atoms. The van der Waals surface area contributed by atoms with E-state index in [0.29, 0.717) is 0 Å². The fourth-order valence-corrected chi connectivity index (χ4v) is 3.36. The normalized spacial score (nSPS) is 17.4. The molecular formula is C14H19N3S. The largest absolute Gasteiger partial charge is 0.314 e. The predicted molar refractivity (Wildman–Crippen MR) is 77.1 cm³/mol. The maximum Gasteiger partial charge on any atom is 0.0935 e. The van der Waals surface area contributed by atoms with E-state index >= 15 is 0 Å². The minimum Gasteiger partial charge on any atom is -0.314 e. The molecule has 0 atom stereocenters. The summed E-state index contributed by atoms with van der Waals surface area (Å²) in [5.41, 5.74) is 2.57. The zero-order chi connectivity index (χ0) is 12.4. The molecule has 1 aliphatic heterocycles. The van der Waals surface area contributed by atoms with Gasteiger partial charge in [-0.25, -0.2) is 4.98 Å². The number of hydrogen-bond donors (Lipinski definition) is 1. The molecule has 18 heavy (non-hydrogen) atoms. The third kappa shape index (κ3) is 2.55. The van der Waals surface area contributed by atoms with Crippen molar-refractivity contribution in [2.24, 2.45) is 0 Å². The third-order valence-corrected chi connectivity index (χ3v) is 4.58. The molecule has 2 heterocycles. The molecular weight excluding hydrogens is 242 g/mol. The van der Waals surface area contributed by atoms with Crippen LogP contribution in [0.15, 0.2) is 18.2 Å². The van der Waals surface area contributed by atoms with Gasteiger partial charge >= 0.3 is 0 Å². The Morgan fingerprint density at radius 1 is 1.33 bits per heavy atom. The lowest BCUT2D eigenvalue weighted by molar-refractivity contribution is 0.233. The van der Waals surface area contributed by atoms with Crippen molar-refractivity contribution < 1.29 is 0 Å². The Morgan fingerprint density at radius 3 is 2.94 bits per heavy atom. The minimum atomic E-state index is 1.03. The summed E-state index contributed by atoms with van der Waals surface area (Å²) in [6.45, 7) is 7.77. The van der Waals surface area contributed by atoms with E-state index in [0.717, 1.165) is 44.7 Å². The van der Waals surface area contributed by atoms with Crippen molar-refractivity contribution in [2.45, 2.75) is 19.9 Å². The maximum atomic E-state index is 4.61. The zero-order valence-electron chi connectivity index (χ0n) is 10.8. The van der Waals surface area contributed by atoms with Gasteiger partial charge in [-0.1, -0.05) is 13.0 Å². The van der Waals surface area contributed by atoms with Crippen molar-refractivity contribution >= 4 is 21.6 Å². The zero-order valence-corrected chi connectivity index (χ0v) is 11.6. The Balaban J connectivity index is 1.79. The van der Waals surface area contributed by atoms with Crippen molar-refractivity contribution in [3.63, 3.8) is 0 Å². The van der Waals surface area contributed by atoms with Gasteiger partial charge in [0.05, 0.1) is 15.2 Å². The summed E-state index contributed by atoms with van der Waals surface area (Å²) in [6.07, 6.45) is 1.03. The molecule has 1 fully saturated rings. The molecule has 0 radical (unpaired) electrons. The van der Waals surface area contributed by atoms with Gasteiger partial charge in [0.25, 0.3) is 0 Å². The lowest BCUT2D eigenvalue weighted by Gasteiger charge is -2.27. The van der Waals surface area contributed by atoms with Crippen LogP contribution in [0.25, 0.3) is 10.2 Å². The third-order valence-electron chi connectivity index (χ3n) is 3.42. The molecule has 96 valence electrons. The van der Waals surface area contributed by atoms with Crippen LogP contribution in [-0.4, -0.2) is 36.1 Å². The predicted octanol–water partition coefficient (Wildman–Crippen LogP) is 2.26. The second kappa shape index (κ2) is 5.34. The average molecular weight is 261 g/mol. The summed E-state index contributed by atoms with van der Waals surface area (Å²) in [6, 6.07) is 6.71. The summed E-state index contributed by atoms with van der Waals surface area (Å²) >= 11 is 1.83. The molecule has 0 unspecified atom stereocenters. The van der Waals surface area contributed by atoms with E-state index < -0.39 is 0 Å². The van der Waals surface area contributed by atoms with Gasteiger partial charge in [-0.05, 0) is 24.1 Å². The number of rotatable bonds is 3. The van der Waals surface area contributed by atoms with E-state index in [1.54, 1.807) is 0 Å². The number of benzene rings is 1. The van der Waals surface area contributed by atoms with Crippen LogP contribution in [0.1, 0.15) is 17.5 Å². The van der Waals surface area contributed by atoms with Crippen LogP contribution in [0.3, 0.4) is 0 Å². The molecule has 1 N–H and O–H groups in total. The highest BCUT2D eigenvalue weighted by atomic mass is 32.1. The molecule has 0 saturated carbocycles. The van der Waals surface area contributed by atoms with Gasteiger partial charge in [0, 0.05) is 32.7 Å². The summed E-state index contributed by atoms with van der Waals surface area (Å²) in [5.74, 6) is 0. The lowest BCUT2D eigenvalue weighted by atomic mass is 10.2. The molecule has 1 saturated heterocycles. The number of nitrogens with one attached hydrogen (secondary N) is 1. The molecule has 2 aromatic rings. The van der Waals surface area contributed by atoms with Gasteiger partial charge in [-0.3, -0.25) is 4.90 Å². The first-order valence-corrected chi connectivity index (χ1v) is 7.48. The monoisotopic (exact) mass is 261 g/mol. The first-order chi connectivity index (χ1) is 8.85. The van der Waals surface area contributed by atoms with E-state index in [9.17, 15) is 0 Å². The second-order valence-electron chi connectivity index (χ2n) is 4.79. The number of fused-ring (bicyclic) bond motifs is 1. The van der Waals surface area contributed by atoms with Gasteiger partial charge in [0.2, 0.25) is 0 Å². The number of hydrogen-bond acceptors (Lipinski definition) is 4. The van der Waals surface area contributed by atoms with E-state index in [4.69, 9.17) is 0 Å². The SMILES string of the molecule is CCc1nc2ccc(CN3CCNCC3)cc2s1. The molecule has 1 aliphatic rings. The summed E-state index contributed by atoms with van der Waals surface area (Å²) in [7, 11) is 0. The van der Waals surface area contributed by atoms with Crippen molar-refractivity contribution in [1.29, 1.82) is 0 Å². The van der Waals surface area contributed by atoms with Gasteiger partial charge in [-0.15, -0.1) is 11.3 Å². The molecule has 0 amide bonds. The summed E-state index contributed by atoms with van der Waals surface area (Å²) in [5, 5.41) is 4.63. The topological polar surface area (TPSA) is 28.2 Å². The fourth-order valence-electron chi connectivity index (χ4n) is 2.39. The Kier molecular flexibility index (Phi) is 3.59. The van der Waals surface area contributed by atoms with Crippen LogP contribution in [0.2, 0.25) is 0 Å². The molecule has 0 aliphatic carbocycles.